The third-order valence-electron chi connectivity index (χ3n) is 7.01. The molecular weight excluding hydrogens is 398 g/mol. The fourth-order valence-corrected chi connectivity index (χ4v) is 4.83. The number of nitrogens with zero attached hydrogens (tertiary/aromatic N) is 3. The molecule has 0 aliphatic carbocycles. The molecule has 0 saturated carbocycles. The van der Waals surface area contributed by atoms with Crippen LogP contribution in [0.5, 0.6) is 5.75 Å². The van der Waals surface area contributed by atoms with Gasteiger partial charge in [-0.3, -0.25) is 9.69 Å². The summed E-state index contributed by atoms with van der Waals surface area (Å²) in [5.41, 5.74) is 3.86. The number of methoxy groups -OCH3 is 1. The van der Waals surface area contributed by atoms with E-state index < -0.39 is 0 Å². The monoisotopic (exact) mass is 435 g/mol. The number of benzene rings is 2. The van der Waals surface area contributed by atoms with Crippen LogP contribution < -0.4 is 4.74 Å². The average Bonchev–Trinajstić information content (AvgIpc) is 2.82. The van der Waals surface area contributed by atoms with Crippen molar-refractivity contribution in [2.45, 2.75) is 32.2 Å². The van der Waals surface area contributed by atoms with Crippen molar-refractivity contribution in [3.8, 4) is 5.75 Å². The second-order valence-electron chi connectivity index (χ2n) is 9.45. The van der Waals surface area contributed by atoms with E-state index >= 15 is 0 Å². The molecule has 0 atom stereocenters. The molecule has 0 unspecified atom stereocenters. The predicted octanol–water partition coefficient (Wildman–Crippen LogP) is 3.47. The van der Waals surface area contributed by atoms with E-state index in [1.807, 2.05) is 29.2 Å². The van der Waals surface area contributed by atoms with Crippen LogP contribution in [0.15, 0.2) is 48.5 Å². The van der Waals surface area contributed by atoms with Crippen LogP contribution >= 0.6 is 0 Å². The number of hydrogen-bond donors (Lipinski definition) is 0. The number of carbonyl (C=O) groups is 1. The third-order valence-corrected chi connectivity index (χ3v) is 7.01. The van der Waals surface area contributed by atoms with Crippen molar-refractivity contribution in [1.82, 2.24) is 14.7 Å². The van der Waals surface area contributed by atoms with Crippen LogP contribution in [0.3, 0.4) is 0 Å². The van der Waals surface area contributed by atoms with Gasteiger partial charge in [0.05, 0.1) is 13.5 Å². The molecule has 172 valence electrons. The largest absolute Gasteiger partial charge is 0.497 e. The molecule has 2 heterocycles. The highest BCUT2D eigenvalue weighted by Crippen LogP contribution is 2.23. The van der Waals surface area contributed by atoms with Gasteiger partial charge in [0.25, 0.3) is 0 Å². The van der Waals surface area contributed by atoms with E-state index in [4.69, 9.17) is 4.74 Å². The number of piperidine rings is 1. The standard InChI is InChI=1S/C27H37N3O2/c1-28-14-16-29(17-15-28)21-24-8-6-22(7-9-24)18-23-10-12-30(13-11-23)27(31)20-25-4-3-5-26(19-25)32-2/h3-9,19,23H,10-18,20-21H2,1-2H3. The van der Waals surface area contributed by atoms with Gasteiger partial charge in [-0.25, -0.2) is 0 Å². The van der Waals surface area contributed by atoms with Gasteiger partial charge in [-0.2, -0.15) is 0 Å². The summed E-state index contributed by atoms with van der Waals surface area (Å²) in [6, 6.07) is 17.1. The number of likely N-dealkylation sites (tertiary alicyclic amines) is 1. The highest BCUT2D eigenvalue weighted by Gasteiger charge is 2.23. The van der Waals surface area contributed by atoms with Gasteiger partial charge >= 0.3 is 0 Å². The number of rotatable bonds is 7. The van der Waals surface area contributed by atoms with E-state index in [1.54, 1.807) is 7.11 Å². The maximum atomic E-state index is 12.7. The van der Waals surface area contributed by atoms with E-state index in [0.29, 0.717) is 12.3 Å². The van der Waals surface area contributed by atoms with Crippen molar-refractivity contribution >= 4 is 5.91 Å². The van der Waals surface area contributed by atoms with Gasteiger partial charge in [-0.15, -0.1) is 0 Å². The van der Waals surface area contributed by atoms with E-state index in [-0.39, 0.29) is 5.91 Å². The fourth-order valence-electron chi connectivity index (χ4n) is 4.83. The molecule has 2 saturated heterocycles. The van der Waals surface area contributed by atoms with Crippen LogP contribution in [0.1, 0.15) is 29.5 Å². The Morgan fingerprint density at radius 1 is 0.906 bits per heavy atom. The lowest BCUT2D eigenvalue weighted by Crippen LogP contribution is -2.43. The molecule has 2 aromatic rings. The molecule has 0 radical (unpaired) electrons. The van der Waals surface area contributed by atoms with Crippen LogP contribution in [-0.2, 0) is 24.2 Å². The predicted molar refractivity (Wildman–Crippen MR) is 129 cm³/mol. The van der Waals surface area contributed by atoms with Crippen molar-refractivity contribution < 1.29 is 9.53 Å². The number of piperazine rings is 1. The minimum atomic E-state index is 0.227. The maximum Gasteiger partial charge on any atom is 0.226 e. The van der Waals surface area contributed by atoms with E-state index in [1.165, 1.54) is 24.2 Å². The Labute approximate surface area is 193 Å². The van der Waals surface area contributed by atoms with Crippen molar-refractivity contribution in [3.63, 3.8) is 0 Å². The molecule has 2 aliphatic heterocycles. The van der Waals surface area contributed by atoms with Gasteiger partial charge < -0.3 is 14.5 Å². The minimum absolute atomic E-state index is 0.227. The smallest absolute Gasteiger partial charge is 0.226 e. The molecule has 2 aromatic carbocycles. The lowest BCUT2D eigenvalue weighted by atomic mass is 9.89. The Hall–Kier alpha value is -2.37. The zero-order chi connectivity index (χ0) is 22.3. The summed E-state index contributed by atoms with van der Waals surface area (Å²) in [5, 5.41) is 0. The quantitative estimate of drug-likeness (QED) is 0.667. The van der Waals surface area contributed by atoms with Crippen molar-refractivity contribution in [2.24, 2.45) is 5.92 Å². The number of hydrogen-bond acceptors (Lipinski definition) is 4. The normalized spacial score (nSPS) is 18.6. The molecule has 2 aliphatic rings. The first-order chi connectivity index (χ1) is 15.6. The van der Waals surface area contributed by atoms with Crippen LogP contribution in [0.25, 0.3) is 0 Å². The summed E-state index contributed by atoms with van der Waals surface area (Å²) >= 11 is 0. The first-order valence-electron chi connectivity index (χ1n) is 12.0. The second kappa shape index (κ2) is 11.0. The van der Waals surface area contributed by atoms with Crippen LogP contribution in [0.4, 0.5) is 0 Å². The topological polar surface area (TPSA) is 36.0 Å². The number of amides is 1. The molecule has 0 bridgehead atoms. The SMILES string of the molecule is COc1cccc(CC(=O)N2CCC(Cc3ccc(CN4CCN(C)CC4)cc3)CC2)c1. The molecule has 4 rings (SSSR count). The highest BCUT2D eigenvalue weighted by atomic mass is 16.5. The Kier molecular flexibility index (Phi) is 7.82. The second-order valence-corrected chi connectivity index (χ2v) is 9.45. The average molecular weight is 436 g/mol. The van der Waals surface area contributed by atoms with E-state index in [9.17, 15) is 4.79 Å². The molecule has 5 nitrogen and oxygen atoms in total. The third kappa shape index (κ3) is 6.33. The summed E-state index contributed by atoms with van der Waals surface area (Å²) in [7, 11) is 3.86. The summed E-state index contributed by atoms with van der Waals surface area (Å²) in [6.45, 7) is 7.45. The van der Waals surface area contributed by atoms with Gasteiger partial charge in [0, 0.05) is 45.8 Å². The molecule has 0 N–H and O–H groups in total. The molecule has 32 heavy (non-hydrogen) atoms. The van der Waals surface area contributed by atoms with Crippen LogP contribution in [0.2, 0.25) is 0 Å². The minimum Gasteiger partial charge on any atom is -0.497 e. The molecule has 5 heteroatoms. The fraction of sp³-hybridized carbons (Fsp3) is 0.519. The number of likely N-dealkylation sites (N-methyl/N-ethyl adjacent to an activating group) is 1. The first kappa shape index (κ1) is 22.8. The van der Waals surface area contributed by atoms with E-state index in [0.717, 1.165) is 63.3 Å². The van der Waals surface area contributed by atoms with Gasteiger partial charge in [0.2, 0.25) is 5.91 Å². The number of ether oxygens (including phenoxy) is 1. The zero-order valence-corrected chi connectivity index (χ0v) is 19.6. The maximum absolute atomic E-state index is 12.7. The lowest BCUT2D eigenvalue weighted by molar-refractivity contribution is -0.131. The molecule has 2 fully saturated rings. The van der Waals surface area contributed by atoms with Gasteiger partial charge in [-0.05, 0) is 61.1 Å². The Morgan fingerprint density at radius 2 is 1.59 bits per heavy atom. The number of carbonyl (C=O) groups excluding carboxylic acids is 1. The summed E-state index contributed by atoms with van der Waals surface area (Å²) < 4.78 is 5.27. The lowest BCUT2D eigenvalue weighted by Gasteiger charge is -2.33. The summed E-state index contributed by atoms with van der Waals surface area (Å²) in [5.74, 6) is 1.70. The molecule has 1 amide bonds. The van der Waals surface area contributed by atoms with E-state index in [2.05, 4.69) is 41.1 Å². The molecular formula is C27H37N3O2. The van der Waals surface area contributed by atoms with Crippen molar-refractivity contribution in [3.05, 3.63) is 65.2 Å². The van der Waals surface area contributed by atoms with Crippen LogP contribution in [0, 0.1) is 5.92 Å². The van der Waals surface area contributed by atoms with Crippen molar-refractivity contribution in [2.75, 3.05) is 53.4 Å². The molecule has 0 spiro atoms. The zero-order valence-electron chi connectivity index (χ0n) is 19.6. The highest BCUT2D eigenvalue weighted by molar-refractivity contribution is 5.79. The van der Waals surface area contributed by atoms with Gasteiger partial charge in [-0.1, -0.05) is 36.4 Å². The Bertz CT molecular complexity index is 867. The van der Waals surface area contributed by atoms with Crippen LogP contribution in [-0.4, -0.2) is 74.0 Å². The van der Waals surface area contributed by atoms with Crippen molar-refractivity contribution in [1.29, 1.82) is 0 Å². The Balaban J connectivity index is 1.21. The van der Waals surface area contributed by atoms with Gasteiger partial charge in [0.15, 0.2) is 0 Å². The Morgan fingerprint density at radius 3 is 2.28 bits per heavy atom. The van der Waals surface area contributed by atoms with Gasteiger partial charge in [0.1, 0.15) is 5.75 Å². The summed E-state index contributed by atoms with van der Waals surface area (Å²) in [4.78, 5) is 19.7. The molecule has 0 aromatic heterocycles. The summed E-state index contributed by atoms with van der Waals surface area (Å²) in [6.07, 6.45) is 3.75. The first-order valence-corrected chi connectivity index (χ1v) is 12.0.